The Labute approximate surface area is 99.6 Å². The smallest absolute Gasteiger partial charge is 0.311 e. The van der Waals surface area contributed by atoms with Gasteiger partial charge in [0.05, 0.1) is 4.92 Å². The van der Waals surface area contributed by atoms with Gasteiger partial charge in [-0.3, -0.25) is 10.1 Å². The average Bonchev–Trinajstić information content (AvgIpc) is 2.26. The second-order valence-corrected chi connectivity index (χ2v) is 4.49. The van der Waals surface area contributed by atoms with E-state index in [0.717, 1.165) is 12.8 Å². The van der Waals surface area contributed by atoms with E-state index in [1.807, 2.05) is 0 Å². The molecule has 1 fully saturated rings. The normalized spacial score (nSPS) is 22.7. The fourth-order valence-electron chi connectivity index (χ4n) is 2.06. The van der Waals surface area contributed by atoms with Gasteiger partial charge in [-0.05, 0) is 24.8 Å². The third kappa shape index (κ3) is 2.46. The molecule has 1 aromatic rings. The Balaban J connectivity index is 2.19. The molecule has 0 amide bonds. The number of pyridine rings is 1. The van der Waals surface area contributed by atoms with Crippen molar-refractivity contribution in [2.75, 3.05) is 17.7 Å². The van der Waals surface area contributed by atoms with Gasteiger partial charge in [0.1, 0.15) is 5.82 Å². The van der Waals surface area contributed by atoms with Gasteiger partial charge in [0.25, 0.3) is 0 Å². The highest BCUT2D eigenvalue weighted by atomic mass is 16.6. The first-order chi connectivity index (χ1) is 8.10. The van der Waals surface area contributed by atoms with Crippen LogP contribution in [0.15, 0.2) is 12.1 Å². The lowest BCUT2D eigenvalue weighted by Gasteiger charge is -2.33. The summed E-state index contributed by atoms with van der Waals surface area (Å²) in [4.78, 5) is 14.7. The summed E-state index contributed by atoms with van der Waals surface area (Å²) in [5.41, 5.74) is 0.0311. The second-order valence-electron chi connectivity index (χ2n) is 4.49. The van der Waals surface area contributed by atoms with Gasteiger partial charge in [-0.25, -0.2) is 4.98 Å². The van der Waals surface area contributed by atoms with E-state index in [1.54, 1.807) is 13.1 Å². The molecule has 1 saturated carbocycles. The molecule has 6 heteroatoms. The maximum Gasteiger partial charge on any atom is 0.311 e. The number of nitrogens with zero attached hydrogens (tertiary/aromatic N) is 2. The van der Waals surface area contributed by atoms with Crippen LogP contribution in [0, 0.1) is 16.0 Å². The van der Waals surface area contributed by atoms with Crippen molar-refractivity contribution in [1.82, 2.24) is 4.98 Å². The van der Waals surface area contributed by atoms with Crippen LogP contribution >= 0.6 is 0 Å². The molecule has 2 N–H and O–H groups in total. The highest BCUT2D eigenvalue weighted by molar-refractivity contribution is 5.60. The van der Waals surface area contributed by atoms with E-state index in [0.29, 0.717) is 23.6 Å². The summed E-state index contributed by atoms with van der Waals surface area (Å²) >= 11 is 0. The molecule has 2 rings (SSSR count). The van der Waals surface area contributed by atoms with E-state index >= 15 is 0 Å². The molecule has 6 nitrogen and oxygen atoms in total. The highest BCUT2D eigenvalue weighted by Crippen LogP contribution is 2.32. The number of nitro groups is 1. The van der Waals surface area contributed by atoms with E-state index < -0.39 is 4.92 Å². The molecule has 92 valence electrons. The molecule has 0 unspecified atom stereocenters. The lowest BCUT2D eigenvalue weighted by molar-refractivity contribution is -0.384. The Morgan fingerprint density at radius 1 is 1.47 bits per heavy atom. The average molecular weight is 236 g/mol. The Kier molecular flexibility index (Phi) is 3.12. The fourth-order valence-corrected chi connectivity index (χ4v) is 2.06. The minimum atomic E-state index is -0.406. The van der Waals surface area contributed by atoms with Crippen molar-refractivity contribution in [1.29, 1.82) is 0 Å². The van der Waals surface area contributed by atoms with Gasteiger partial charge < -0.3 is 10.6 Å². The monoisotopic (exact) mass is 236 g/mol. The van der Waals surface area contributed by atoms with E-state index in [-0.39, 0.29) is 5.69 Å². The summed E-state index contributed by atoms with van der Waals surface area (Å²) < 4.78 is 0. The van der Waals surface area contributed by atoms with Crippen LogP contribution in [-0.4, -0.2) is 23.0 Å². The van der Waals surface area contributed by atoms with Gasteiger partial charge >= 0.3 is 5.69 Å². The molecule has 1 aliphatic rings. The van der Waals surface area contributed by atoms with Crippen LogP contribution in [-0.2, 0) is 0 Å². The Morgan fingerprint density at radius 2 is 2.18 bits per heavy atom. The molecule has 0 atom stereocenters. The first kappa shape index (κ1) is 11.6. The summed E-state index contributed by atoms with van der Waals surface area (Å²) in [5.74, 6) is 1.68. The molecule has 0 saturated heterocycles. The summed E-state index contributed by atoms with van der Waals surface area (Å²) in [5, 5.41) is 16.9. The predicted octanol–water partition coefficient (Wildman–Crippen LogP) is 2.24. The van der Waals surface area contributed by atoms with Gasteiger partial charge in [-0.15, -0.1) is 0 Å². The van der Waals surface area contributed by atoms with E-state index in [1.165, 1.54) is 6.07 Å². The van der Waals surface area contributed by atoms with Gasteiger partial charge in [0.15, 0.2) is 0 Å². The van der Waals surface area contributed by atoms with Crippen molar-refractivity contribution >= 4 is 17.3 Å². The van der Waals surface area contributed by atoms with Crippen molar-refractivity contribution in [2.24, 2.45) is 5.92 Å². The topological polar surface area (TPSA) is 80.1 Å². The number of anilines is 2. The molecule has 0 radical (unpaired) electrons. The molecular weight excluding hydrogens is 220 g/mol. The third-order valence-electron chi connectivity index (χ3n) is 3.04. The number of nitrogens with one attached hydrogen (secondary N) is 2. The van der Waals surface area contributed by atoms with Crippen LogP contribution < -0.4 is 10.6 Å². The zero-order chi connectivity index (χ0) is 12.4. The Hall–Kier alpha value is -1.85. The molecule has 1 heterocycles. The number of hydrogen-bond donors (Lipinski definition) is 2. The standard InChI is InChI=1S/C11H16N4O2/c1-7-5-8(6-7)13-11-9(15(16)17)3-4-10(12-2)14-11/h3-4,7-8H,5-6H2,1-2H3,(H2,12,13,14). The number of aromatic nitrogens is 1. The van der Waals surface area contributed by atoms with Gasteiger partial charge in [0, 0.05) is 19.2 Å². The van der Waals surface area contributed by atoms with E-state index in [2.05, 4.69) is 22.5 Å². The van der Waals surface area contributed by atoms with Gasteiger partial charge in [-0.1, -0.05) is 6.92 Å². The molecule has 1 aliphatic carbocycles. The SMILES string of the molecule is CNc1ccc([N+](=O)[O-])c(NC2CC(C)C2)n1. The number of rotatable bonds is 4. The van der Waals surface area contributed by atoms with Crippen molar-refractivity contribution < 1.29 is 4.92 Å². The van der Waals surface area contributed by atoms with Crippen LogP contribution in [0.1, 0.15) is 19.8 Å². The second kappa shape index (κ2) is 4.57. The van der Waals surface area contributed by atoms with Crippen molar-refractivity contribution in [3.63, 3.8) is 0 Å². The molecular formula is C11H16N4O2. The van der Waals surface area contributed by atoms with Gasteiger partial charge in [-0.2, -0.15) is 0 Å². The maximum absolute atomic E-state index is 10.9. The molecule has 0 aromatic carbocycles. The van der Waals surface area contributed by atoms with Gasteiger partial charge in [0.2, 0.25) is 5.82 Å². The highest BCUT2D eigenvalue weighted by Gasteiger charge is 2.28. The summed E-state index contributed by atoms with van der Waals surface area (Å²) in [6.45, 7) is 2.17. The summed E-state index contributed by atoms with van der Waals surface area (Å²) in [7, 11) is 1.74. The zero-order valence-corrected chi connectivity index (χ0v) is 9.93. The van der Waals surface area contributed by atoms with Crippen LogP contribution in [0.4, 0.5) is 17.3 Å². The van der Waals surface area contributed by atoms with Crippen LogP contribution in [0.5, 0.6) is 0 Å². The lowest BCUT2D eigenvalue weighted by atomic mass is 9.82. The molecule has 17 heavy (non-hydrogen) atoms. The number of hydrogen-bond acceptors (Lipinski definition) is 5. The van der Waals surface area contributed by atoms with Crippen LogP contribution in [0.25, 0.3) is 0 Å². The lowest BCUT2D eigenvalue weighted by Crippen LogP contribution is -2.34. The van der Waals surface area contributed by atoms with Crippen molar-refractivity contribution in [2.45, 2.75) is 25.8 Å². The van der Waals surface area contributed by atoms with E-state index in [9.17, 15) is 10.1 Å². The molecule has 1 aromatic heterocycles. The molecule has 0 spiro atoms. The minimum absolute atomic E-state index is 0.0311. The van der Waals surface area contributed by atoms with Crippen molar-refractivity contribution in [3.05, 3.63) is 22.2 Å². The summed E-state index contributed by atoms with van der Waals surface area (Å²) in [6.07, 6.45) is 2.09. The molecule has 0 aliphatic heterocycles. The quantitative estimate of drug-likeness (QED) is 0.619. The molecule has 0 bridgehead atoms. The van der Waals surface area contributed by atoms with Crippen LogP contribution in [0.2, 0.25) is 0 Å². The predicted molar refractivity (Wildman–Crippen MR) is 66.2 cm³/mol. The first-order valence-corrected chi connectivity index (χ1v) is 5.70. The fraction of sp³-hybridized carbons (Fsp3) is 0.545. The summed E-state index contributed by atoms with van der Waals surface area (Å²) in [6, 6.07) is 3.39. The zero-order valence-electron chi connectivity index (χ0n) is 9.93. The minimum Gasteiger partial charge on any atom is -0.373 e. The maximum atomic E-state index is 10.9. The van der Waals surface area contributed by atoms with E-state index in [4.69, 9.17) is 0 Å². The first-order valence-electron chi connectivity index (χ1n) is 5.70. The third-order valence-corrected chi connectivity index (χ3v) is 3.04. The Bertz CT molecular complexity index is 429. The largest absolute Gasteiger partial charge is 0.373 e. The van der Waals surface area contributed by atoms with Crippen LogP contribution in [0.3, 0.4) is 0 Å². The Morgan fingerprint density at radius 3 is 2.71 bits per heavy atom. The van der Waals surface area contributed by atoms with Crippen molar-refractivity contribution in [3.8, 4) is 0 Å².